The first-order valence-electron chi connectivity index (χ1n) is 8.55. The third kappa shape index (κ3) is 4.46. The Morgan fingerprint density at radius 1 is 1.00 bits per heavy atom. The molecule has 3 rings (SSSR count). The average molecular weight is 383 g/mol. The van der Waals surface area contributed by atoms with Crippen molar-refractivity contribution in [3.8, 4) is 23.2 Å². The minimum atomic E-state index is -4.61. The van der Waals surface area contributed by atoms with E-state index in [1.54, 1.807) is 30.6 Å². The second-order valence-corrected chi connectivity index (χ2v) is 6.07. The number of alkyl halides is 3. The van der Waals surface area contributed by atoms with E-state index >= 15 is 0 Å². The predicted molar refractivity (Wildman–Crippen MR) is 97.3 cm³/mol. The summed E-state index contributed by atoms with van der Waals surface area (Å²) in [6.07, 6.45) is -0.188. The summed E-state index contributed by atoms with van der Waals surface area (Å²) in [6.45, 7) is 2.12. The third-order valence-corrected chi connectivity index (χ3v) is 4.15. The van der Waals surface area contributed by atoms with Crippen LogP contribution in [-0.2, 0) is 19.2 Å². The van der Waals surface area contributed by atoms with Crippen LogP contribution < -0.4 is 4.74 Å². The van der Waals surface area contributed by atoms with Crippen molar-refractivity contribution in [3.63, 3.8) is 0 Å². The molecule has 0 spiro atoms. The average Bonchev–Trinajstić information content (AvgIpc) is 2.72. The van der Waals surface area contributed by atoms with E-state index in [0.29, 0.717) is 5.82 Å². The Hall–Kier alpha value is -3.40. The van der Waals surface area contributed by atoms with E-state index < -0.39 is 17.3 Å². The fourth-order valence-electron chi connectivity index (χ4n) is 2.55. The molecule has 0 aliphatic heterocycles. The zero-order valence-corrected chi connectivity index (χ0v) is 15.0. The van der Waals surface area contributed by atoms with Gasteiger partial charge in [-0.05, 0) is 35.7 Å². The molecule has 142 valence electrons. The highest BCUT2D eigenvalue weighted by Crippen LogP contribution is 2.34. The Morgan fingerprint density at radius 3 is 2.25 bits per heavy atom. The largest absolute Gasteiger partial charge is 0.489 e. The van der Waals surface area contributed by atoms with E-state index in [0.717, 1.165) is 35.2 Å². The topological polar surface area (TPSA) is 58.8 Å². The van der Waals surface area contributed by atoms with Crippen LogP contribution in [0.2, 0.25) is 0 Å². The quantitative estimate of drug-likeness (QED) is 0.609. The van der Waals surface area contributed by atoms with Gasteiger partial charge in [-0.1, -0.05) is 31.2 Å². The van der Waals surface area contributed by atoms with Gasteiger partial charge in [0.1, 0.15) is 12.4 Å². The van der Waals surface area contributed by atoms with Crippen LogP contribution in [0.4, 0.5) is 13.2 Å². The summed E-state index contributed by atoms with van der Waals surface area (Å²) in [7, 11) is 0. The molecule has 3 aromatic rings. The zero-order chi connectivity index (χ0) is 20.1. The van der Waals surface area contributed by atoms with E-state index in [-0.39, 0.29) is 12.4 Å². The summed E-state index contributed by atoms with van der Waals surface area (Å²) in [5, 5.41) is 8.83. The first kappa shape index (κ1) is 19.4. The maximum Gasteiger partial charge on any atom is 0.417 e. The lowest BCUT2D eigenvalue weighted by molar-refractivity contribution is -0.137. The molecule has 0 aliphatic carbocycles. The number of benzene rings is 2. The van der Waals surface area contributed by atoms with Crippen molar-refractivity contribution in [1.29, 1.82) is 5.26 Å². The summed E-state index contributed by atoms with van der Waals surface area (Å²) >= 11 is 0. The van der Waals surface area contributed by atoms with Gasteiger partial charge in [-0.25, -0.2) is 9.97 Å². The number of halogens is 3. The van der Waals surface area contributed by atoms with Crippen molar-refractivity contribution >= 4 is 0 Å². The summed E-state index contributed by atoms with van der Waals surface area (Å²) in [5.74, 6) is 0.653. The molecular formula is C21H16F3N3O. The SMILES string of the molecule is CCc1cnc(-c2ccc(COc3ccc(C#N)c(C(F)(F)F)c3)cc2)nc1. The Balaban J connectivity index is 1.70. The molecule has 4 nitrogen and oxygen atoms in total. The fourth-order valence-corrected chi connectivity index (χ4v) is 2.55. The second-order valence-electron chi connectivity index (χ2n) is 6.07. The number of nitrogens with zero attached hydrogens (tertiary/aromatic N) is 3. The van der Waals surface area contributed by atoms with Crippen LogP contribution in [0.25, 0.3) is 11.4 Å². The number of ether oxygens (including phenoxy) is 1. The molecule has 0 amide bonds. The highest BCUT2D eigenvalue weighted by Gasteiger charge is 2.34. The molecule has 0 atom stereocenters. The third-order valence-electron chi connectivity index (χ3n) is 4.15. The maximum absolute atomic E-state index is 13.0. The van der Waals surface area contributed by atoms with E-state index in [1.165, 1.54) is 6.07 Å². The van der Waals surface area contributed by atoms with Crippen molar-refractivity contribution in [2.45, 2.75) is 26.1 Å². The number of aromatic nitrogens is 2. The molecule has 1 aromatic heterocycles. The number of hydrogen-bond acceptors (Lipinski definition) is 4. The zero-order valence-electron chi connectivity index (χ0n) is 15.0. The van der Waals surface area contributed by atoms with Gasteiger partial charge in [-0.2, -0.15) is 18.4 Å². The molecule has 0 fully saturated rings. The lowest BCUT2D eigenvalue weighted by atomic mass is 10.1. The highest BCUT2D eigenvalue weighted by atomic mass is 19.4. The number of hydrogen-bond donors (Lipinski definition) is 0. The van der Waals surface area contributed by atoms with Crippen molar-refractivity contribution < 1.29 is 17.9 Å². The second kappa shape index (κ2) is 8.09. The van der Waals surface area contributed by atoms with Crippen LogP contribution in [-0.4, -0.2) is 9.97 Å². The van der Waals surface area contributed by atoms with Gasteiger partial charge in [-0.15, -0.1) is 0 Å². The standard InChI is InChI=1S/C21H16F3N3O/c1-2-14-11-26-20(27-12-14)16-5-3-15(4-6-16)13-28-18-8-7-17(10-25)19(9-18)21(22,23)24/h3-9,11-12H,2,13H2,1H3. The molecule has 2 aromatic carbocycles. The number of rotatable bonds is 5. The van der Waals surface area contributed by atoms with Crippen LogP contribution >= 0.6 is 0 Å². The van der Waals surface area contributed by atoms with Crippen LogP contribution in [0.15, 0.2) is 54.9 Å². The van der Waals surface area contributed by atoms with Gasteiger partial charge in [0.2, 0.25) is 0 Å². The Bertz CT molecular complexity index is 991. The van der Waals surface area contributed by atoms with Gasteiger partial charge in [0.15, 0.2) is 5.82 Å². The molecule has 0 N–H and O–H groups in total. The summed E-state index contributed by atoms with van der Waals surface area (Å²) in [4.78, 5) is 8.63. The van der Waals surface area contributed by atoms with E-state index in [1.807, 2.05) is 19.1 Å². The summed E-state index contributed by atoms with van der Waals surface area (Å²) in [5.41, 5.74) is 1.24. The highest BCUT2D eigenvalue weighted by molar-refractivity contribution is 5.55. The first-order chi connectivity index (χ1) is 13.4. The predicted octanol–water partition coefficient (Wildman–Crippen LogP) is 5.18. The fraction of sp³-hybridized carbons (Fsp3) is 0.190. The van der Waals surface area contributed by atoms with Gasteiger partial charge in [-0.3, -0.25) is 0 Å². The van der Waals surface area contributed by atoms with Crippen LogP contribution in [0.1, 0.15) is 29.2 Å². The minimum Gasteiger partial charge on any atom is -0.489 e. The maximum atomic E-state index is 13.0. The van der Waals surface area contributed by atoms with Crippen molar-refractivity contribution in [2.24, 2.45) is 0 Å². The summed E-state index contributed by atoms with van der Waals surface area (Å²) < 4.78 is 44.5. The summed E-state index contributed by atoms with van der Waals surface area (Å²) in [6, 6.07) is 12.1. The molecule has 0 saturated heterocycles. The molecule has 0 radical (unpaired) electrons. The van der Waals surface area contributed by atoms with Gasteiger partial charge in [0.25, 0.3) is 0 Å². The van der Waals surface area contributed by atoms with E-state index in [4.69, 9.17) is 10.00 Å². The van der Waals surface area contributed by atoms with Crippen molar-refractivity contribution in [2.75, 3.05) is 0 Å². The Kier molecular flexibility index (Phi) is 5.59. The minimum absolute atomic E-state index is 0.0499. The van der Waals surface area contributed by atoms with Crippen molar-refractivity contribution in [3.05, 3.63) is 77.1 Å². The molecule has 7 heteroatoms. The molecule has 0 saturated carbocycles. The van der Waals surface area contributed by atoms with Gasteiger partial charge >= 0.3 is 6.18 Å². The lowest BCUT2D eigenvalue weighted by Gasteiger charge is -2.12. The molecule has 28 heavy (non-hydrogen) atoms. The Morgan fingerprint density at radius 2 is 1.68 bits per heavy atom. The van der Waals surface area contributed by atoms with E-state index in [2.05, 4.69) is 9.97 Å². The van der Waals surface area contributed by atoms with Crippen molar-refractivity contribution in [1.82, 2.24) is 9.97 Å². The lowest BCUT2D eigenvalue weighted by Crippen LogP contribution is -2.08. The number of aryl methyl sites for hydroxylation is 1. The van der Waals surface area contributed by atoms with Crippen LogP contribution in [0.5, 0.6) is 5.75 Å². The smallest absolute Gasteiger partial charge is 0.417 e. The van der Waals surface area contributed by atoms with Gasteiger partial charge < -0.3 is 4.74 Å². The monoisotopic (exact) mass is 383 g/mol. The molecule has 0 unspecified atom stereocenters. The molecular weight excluding hydrogens is 367 g/mol. The van der Waals surface area contributed by atoms with Crippen LogP contribution in [0.3, 0.4) is 0 Å². The number of nitriles is 1. The van der Waals surface area contributed by atoms with Gasteiger partial charge in [0.05, 0.1) is 17.2 Å². The Labute approximate surface area is 160 Å². The van der Waals surface area contributed by atoms with E-state index in [9.17, 15) is 13.2 Å². The first-order valence-corrected chi connectivity index (χ1v) is 8.55. The molecule has 1 heterocycles. The molecule has 0 aliphatic rings. The normalized spacial score (nSPS) is 11.1. The molecule has 0 bridgehead atoms. The van der Waals surface area contributed by atoms with Crippen LogP contribution in [0, 0.1) is 11.3 Å². The van der Waals surface area contributed by atoms with Gasteiger partial charge in [0, 0.05) is 18.0 Å².